The Hall–Kier alpha value is -1.28. The van der Waals surface area contributed by atoms with Gasteiger partial charge in [0.25, 0.3) is 0 Å². The third kappa shape index (κ3) is 0.924. The summed E-state index contributed by atoms with van der Waals surface area (Å²) < 4.78 is 1.77. The van der Waals surface area contributed by atoms with Crippen molar-refractivity contribution in [2.75, 3.05) is 0 Å². The number of nitroso groups, excluding NO2 is 1. The molecule has 0 N–H and O–H groups in total. The first-order valence-corrected chi connectivity index (χ1v) is 3.89. The van der Waals surface area contributed by atoms with Crippen LogP contribution in [0, 0.1) is 4.91 Å². The fraction of sp³-hybridized carbons (Fsp3) is 0. The highest BCUT2D eigenvalue weighted by atomic mass is 31.0. The average Bonchev–Trinajstić information content (AvgIpc) is 2.48. The molecule has 0 saturated heterocycles. The molecule has 0 aliphatic heterocycles. The van der Waals surface area contributed by atoms with Gasteiger partial charge in [-0.3, -0.25) is 0 Å². The first-order chi connectivity index (χ1) is 5.83. The molecule has 2 rings (SSSR count). The SMILES string of the molecule is O=Nc1ccnc2c1ccn2P. The number of nitrogens with zero attached hydrogens (tertiary/aromatic N) is 3. The van der Waals surface area contributed by atoms with E-state index in [4.69, 9.17) is 0 Å². The van der Waals surface area contributed by atoms with E-state index in [1.54, 1.807) is 16.6 Å². The van der Waals surface area contributed by atoms with Crippen LogP contribution in [0.4, 0.5) is 5.69 Å². The van der Waals surface area contributed by atoms with Crippen molar-refractivity contribution in [2.45, 2.75) is 0 Å². The molecule has 0 amide bonds. The quantitative estimate of drug-likeness (QED) is 0.497. The molecule has 0 fully saturated rings. The Balaban J connectivity index is 2.89. The van der Waals surface area contributed by atoms with Gasteiger partial charge in [0, 0.05) is 17.8 Å². The van der Waals surface area contributed by atoms with Crippen molar-refractivity contribution >= 4 is 26.1 Å². The van der Waals surface area contributed by atoms with Crippen molar-refractivity contribution in [3.8, 4) is 0 Å². The molecule has 60 valence electrons. The summed E-state index contributed by atoms with van der Waals surface area (Å²) in [5.41, 5.74) is 1.18. The molecule has 0 aromatic carbocycles. The highest BCUT2D eigenvalue weighted by Crippen LogP contribution is 2.25. The number of hydrogen-bond donors (Lipinski definition) is 0. The van der Waals surface area contributed by atoms with Crippen LogP contribution in [0.25, 0.3) is 11.0 Å². The maximum atomic E-state index is 10.3. The van der Waals surface area contributed by atoms with E-state index in [1.165, 1.54) is 0 Å². The van der Waals surface area contributed by atoms with E-state index < -0.39 is 0 Å². The number of aromatic nitrogens is 2. The van der Waals surface area contributed by atoms with E-state index in [0.717, 1.165) is 11.0 Å². The summed E-state index contributed by atoms with van der Waals surface area (Å²) in [4.78, 5) is 14.4. The highest BCUT2D eigenvalue weighted by Gasteiger charge is 2.03. The molecule has 2 heterocycles. The minimum Gasteiger partial charge on any atom is -0.317 e. The van der Waals surface area contributed by atoms with Gasteiger partial charge in [-0.2, -0.15) is 0 Å². The topological polar surface area (TPSA) is 47.2 Å². The van der Waals surface area contributed by atoms with Crippen LogP contribution in [0.5, 0.6) is 0 Å². The number of fused-ring (bicyclic) bond motifs is 1. The van der Waals surface area contributed by atoms with Crippen molar-refractivity contribution in [3.63, 3.8) is 0 Å². The summed E-state index contributed by atoms with van der Waals surface area (Å²) in [7, 11) is 2.48. The lowest BCUT2D eigenvalue weighted by Gasteiger charge is -1.94. The number of rotatable bonds is 1. The monoisotopic (exact) mass is 179 g/mol. The Morgan fingerprint density at radius 2 is 2.33 bits per heavy atom. The van der Waals surface area contributed by atoms with Gasteiger partial charge in [-0.25, -0.2) is 4.98 Å². The first kappa shape index (κ1) is 7.37. The molecule has 0 saturated carbocycles. The molecule has 0 aliphatic carbocycles. The van der Waals surface area contributed by atoms with Gasteiger partial charge in [-0.05, 0) is 26.7 Å². The van der Waals surface area contributed by atoms with Gasteiger partial charge in [-0.1, -0.05) is 0 Å². The Bertz CT molecular complexity index is 437. The van der Waals surface area contributed by atoms with E-state index in [-0.39, 0.29) is 0 Å². The molecule has 4 nitrogen and oxygen atoms in total. The van der Waals surface area contributed by atoms with Gasteiger partial charge in [0.2, 0.25) is 0 Å². The molecular weight excluding hydrogens is 173 g/mol. The zero-order chi connectivity index (χ0) is 8.55. The molecule has 12 heavy (non-hydrogen) atoms. The Kier molecular flexibility index (Phi) is 1.62. The van der Waals surface area contributed by atoms with Crippen molar-refractivity contribution in [2.24, 2.45) is 5.18 Å². The molecule has 0 aliphatic rings. The van der Waals surface area contributed by atoms with Crippen LogP contribution >= 0.6 is 9.39 Å². The first-order valence-electron chi connectivity index (χ1n) is 3.37. The summed E-state index contributed by atoms with van der Waals surface area (Å²) in [6.45, 7) is 0. The van der Waals surface area contributed by atoms with Gasteiger partial charge in [-0.15, -0.1) is 4.91 Å². The van der Waals surface area contributed by atoms with E-state index >= 15 is 0 Å². The minimum atomic E-state index is 0.432. The lowest BCUT2D eigenvalue weighted by Crippen LogP contribution is -1.79. The van der Waals surface area contributed by atoms with Crippen molar-refractivity contribution in [3.05, 3.63) is 29.4 Å². The Morgan fingerprint density at radius 3 is 3.08 bits per heavy atom. The summed E-state index contributed by atoms with van der Waals surface area (Å²) >= 11 is 0. The predicted octanol–water partition coefficient (Wildman–Crippen LogP) is 2.07. The second kappa shape index (κ2) is 2.64. The van der Waals surface area contributed by atoms with Gasteiger partial charge in [0.15, 0.2) is 0 Å². The van der Waals surface area contributed by atoms with Crippen molar-refractivity contribution in [1.82, 2.24) is 9.32 Å². The van der Waals surface area contributed by atoms with E-state index in [9.17, 15) is 4.91 Å². The molecule has 2 aromatic heterocycles. The molecule has 1 atom stereocenters. The van der Waals surface area contributed by atoms with E-state index in [0.29, 0.717) is 5.69 Å². The maximum Gasteiger partial charge on any atom is 0.145 e. The summed E-state index contributed by atoms with van der Waals surface area (Å²) in [5.74, 6) is 0. The lowest BCUT2D eigenvalue weighted by molar-refractivity contribution is 1.26. The third-order valence-electron chi connectivity index (χ3n) is 1.69. The fourth-order valence-electron chi connectivity index (χ4n) is 1.12. The standard InChI is InChI=1S/C7H6N3OP/c11-9-6-1-3-8-7-5(6)2-4-10(7)12/h1-4H,12H2. The second-order valence-electron chi connectivity index (χ2n) is 2.38. The molecule has 0 spiro atoms. The van der Waals surface area contributed by atoms with Crippen LogP contribution < -0.4 is 0 Å². The van der Waals surface area contributed by atoms with Crippen LogP contribution in [0.3, 0.4) is 0 Å². The molecule has 5 heteroatoms. The third-order valence-corrected chi connectivity index (χ3v) is 2.11. The molecular formula is C7H6N3OP. The molecule has 1 unspecified atom stereocenters. The summed E-state index contributed by atoms with van der Waals surface area (Å²) in [6.07, 6.45) is 3.39. The summed E-state index contributed by atoms with van der Waals surface area (Å²) in [5, 5.41) is 3.68. The Labute approximate surface area is 70.8 Å². The second-order valence-corrected chi connectivity index (χ2v) is 2.94. The average molecular weight is 179 g/mol. The zero-order valence-corrected chi connectivity index (χ0v) is 7.29. The van der Waals surface area contributed by atoms with E-state index in [2.05, 4.69) is 19.6 Å². The zero-order valence-electron chi connectivity index (χ0n) is 6.14. The van der Waals surface area contributed by atoms with Crippen LogP contribution in [-0.4, -0.2) is 9.32 Å². The van der Waals surface area contributed by atoms with E-state index in [1.807, 2.05) is 12.3 Å². The van der Waals surface area contributed by atoms with Crippen molar-refractivity contribution in [1.29, 1.82) is 0 Å². The van der Waals surface area contributed by atoms with Crippen LogP contribution in [0.2, 0.25) is 0 Å². The van der Waals surface area contributed by atoms with Crippen molar-refractivity contribution < 1.29 is 0 Å². The number of pyridine rings is 1. The van der Waals surface area contributed by atoms with Gasteiger partial charge >= 0.3 is 0 Å². The Morgan fingerprint density at radius 1 is 1.50 bits per heavy atom. The molecule has 0 radical (unpaired) electrons. The molecule has 0 bridgehead atoms. The number of hydrogen-bond acceptors (Lipinski definition) is 3. The summed E-state index contributed by atoms with van der Waals surface area (Å²) in [6, 6.07) is 3.41. The van der Waals surface area contributed by atoms with Gasteiger partial charge in [0.1, 0.15) is 11.3 Å². The minimum absolute atomic E-state index is 0.432. The van der Waals surface area contributed by atoms with Crippen LogP contribution in [-0.2, 0) is 0 Å². The van der Waals surface area contributed by atoms with Gasteiger partial charge in [0.05, 0.1) is 0 Å². The lowest BCUT2D eigenvalue weighted by atomic mass is 10.3. The normalized spacial score (nSPS) is 10.4. The smallest absolute Gasteiger partial charge is 0.145 e. The van der Waals surface area contributed by atoms with Gasteiger partial charge < -0.3 is 4.34 Å². The highest BCUT2D eigenvalue weighted by molar-refractivity contribution is 7.14. The molecule has 2 aromatic rings. The predicted molar refractivity (Wildman–Crippen MR) is 50.3 cm³/mol. The van der Waals surface area contributed by atoms with Crippen LogP contribution in [0.15, 0.2) is 29.7 Å². The van der Waals surface area contributed by atoms with Crippen LogP contribution in [0.1, 0.15) is 0 Å². The largest absolute Gasteiger partial charge is 0.317 e. The fourth-order valence-corrected chi connectivity index (χ4v) is 1.41. The maximum absolute atomic E-state index is 10.3.